The van der Waals surface area contributed by atoms with E-state index in [4.69, 9.17) is 5.14 Å². The normalized spacial score (nSPS) is 11.3. The number of nitrogens with two attached hydrogens (primary N) is 1. The van der Waals surface area contributed by atoms with Crippen LogP contribution in [-0.2, 0) is 26.0 Å². The van der Waals surface area contributed by atoms with Crippen LogP contribution in [0.1, 0.15) is 12.5 Å². The van der Waals surface area contributed by atoms with Gasteiger partial charge in [-0.25, -0.2) is 13.6 Å². The number of nitrogens with zero attached hydrogens (tertiary/aromatic N) is 1. The number of anilines is 2. The number of amides is 2. The van der Waals surface area contributed by atoms with Crippen LogP contribution in [0, 0.1) is 11.3 Å². The highest BCUT2D eigenvalue weighted by molar-refractivity contribution is 7.89. The van der Waals surface area contributed by atoms with Crippen molar-refractivity contribution in [3.8, 4) is 6.07 Å². The molecule has 0 unspecified atom stereocenters. The molecule has 0 radical (unpaired) electrons. The predicted molar refractivity (Wildman–Crippen MR) is 113 cm³/mol. The molecule has 0 aliphatic rings. The molecule has 156 valence electrons. The highest BCUT2D eigenvalue weighted by Gasteiger charge is 2.10. The second-order valence-corrected chi connectivity index (χ2v) is 7.84. The number of rotatable bonds is 8. The average Bonchev–Trinajstić information content (AvgIpc) is 2.68. The van der Waals surface area contributed by atoms with Crippen molar-refractivity contribution in [2.75, 3.05) is 17.2 Å². The SMILES string of the molecule is CC(=O)Nc1ccc(NC(=O)/C(C#N)=C\NCCc2ccc(S(N)(=O)=O)cc2)cc1. The van der Waals surface area contributed by atoms with E-state index < -0.39 is 15.9 Å². The number of hydrogen-bond acceptors (Lipinski definition) is 6. The largest absolute Gasteiger partial charge is 0.389 e. The first-order valence-electron chi connectivity index (χ1n) is 8.83. The van der Waals surface area contributed by atoms with Gasteiger partial charge < -0.3 is 16.0 Å². The first-order chi connectivity index (χ1) is 14.2. The zero-order valence-electron chi connectivity index (χ0n) is 16.2. The third kappa shape index (κ3) is 7.05. The van der Waals surface area contributed by atoms with Gasteiger partial charge in [-0.15, -0.1) is 0 Å². The molecule has 30 heavy (non-hydrogen) atoms. The summed E-state index contributed by atoms with van der Waals surface area (Å²) in [6.45, 7) is 1.82. The molecule has 0 aliphatic carbocycles. The number of primary sulfonamides is 1. The van der Waals surface area contributed by atoms with E-state index in [2.05, 4.69) is 16.0 Å². The number of nitriles is 1. The van der Waals surface area contributed by atoms with Crippen LogP contribution in [0.3, 0.4) is 0 Å². The van der Waals surface area contributed by atoms with Crippen molar-refractivity contribution < 1.29 is 18.0 Å². The summed E-state index contributed by atoms with van der Waals surface area (Å²) in [5, 5.41) is 22.4. The Morgan fingerprint density at radius 2 is 1.60 bits per heavy atom. The summed E-state index contributed by atoms with van der Waals surface area (Å²) >= 11 is 0. The van der Waals surface area contributed by atoms with E-state index >= 15 is 0 Å². The summed E-state index contributed by atoms with van der Waals surface area (Å²) in [5.74, 6) is -0.775. The van der Waals surface area contributed by atoms with Gasteiger partial charge in [-0.05, 0) is 48.4 Å². The van der Waals surface area contributed by atoms with Crippen molar-refractivity contribution in [1.29, 1.82) is 5.26 Å². The molecule has 0 fully saturated rings. The molecule has 0 saturated carbocycles. The van der Waals surface area contributed by atoms with E-state index in [-0.39, 0.29) is 16.4 Å². The number of carbonyl (C=O) groups is 2. The first-order valence-corrected chi connectivity index (χ1v) is 10.4. The maximum Gasteiger partial charge on any atom is 0.267 e. The lowest BCUT2D eigenvalue weighted by Gasteiger charge is -2.07. The third-order valence-corrected chi connectivity index (χ3v) is 4.81. The maximum atomic E-state index is 12.2. The zero-order valence-corrected chi connectivity index (χ0v) is 17.0. The lowest BCUT2D eigenvalue weighted by Crippen LogP contribution is -2.18. The molecule has 2 aromatic carbocycles. The monoisotopic (exact) mass is 427 g/mol. The molecule has 0 heterocycles. The molecule has 0 aliphatic heterocycles. The Labute approximate surface area is 174 Å². The lowest BCUT2D eigenvalue weighted by atomic mass is 10.1. The summed E-state index contributed by atoms with van der Waals surface area (Å²) < 4.78 is 22.5. The second kappa shape index (κ2) is 10.2. The minimum absolute atomic E-state index is 0.0349. The van der Waals surface area contributed by atoms with E-state index in [1.165, 1.54) is 25.3 Å². The van der Waals surface area contributed by atoms with Gasteiger partial charge in [-0.1, -0.05) is 12.1 Å². The van der Waals surface area contributed by atoms with Crippen LogP contribution in [0.15, 0.2) is 65.2 Å². The second-order valence-electron chi connectivity index (χ2n) is 6.28. The smallest absolute Gasteiger partial charge is 0.267 e. The van der Waals surface area contributed by atoms with Crippen LogP contribution >= 0.6 is 0 Å². The van der Waals surface area contributed by atoms with Gasteiger partial charge in [-0.2, -0.15) is 5.26 Å². The fraction of sp³-hybridized carbons (Fsp3) is 0.150. The van der Waals surface area contributed by atoms with Gasteiger partial charge >= 0.3 is 0 Å². The van der Waals surface area contributed by atoms with Crippen LogP contribution in [0.25, 0.3) is 0 Å². The van der Waals surface area contributed by atoms with Gasteiger partial charge in [0.25, 0.3) is 5.91 Å². The number of sulfonamides is 1. The van der Waals surface area contributed by atoms with Crippen molar-refractivity contribution in [1.82, 2.24) is 5.32 Å². The van der Waals surface area contributed by atoms with Gasteiger partial charge in [0.1, 0.15) is 11.6 Å². The van der Waals surface area contributed by atoms with E-state index in [1.54, 1.807) is 36.4 Å². The van der Waals surface area contributed by atoms with Crippen LogP contribution in [0.2, 0.25) is 0 Å². The van der Waals surface area contributed by atoms with E-state index in [1.807, 2.05) is 6.07 Å². The summed E-state index contributed by atoms with van der Waals surface area (Å²) in [4.78, 5) is 23.3. The Hall–Kier alpha value is -3.68. The van der Waals surface area contributed by atoms with Crippen molar-refractivity contribution in [3.05, 3.63) is 65.9 Å². The molecular weight excluding hydrogens is 406 g/mol. The average molecular weight is 427 g/mol. The Balaban J connectivity index is 1.88. The highest BCUT2D eigenvalue weighted by atomic mass is 32.2. The number of hydrogen-bond donors (Lipinski definition) is 4. The Bertz CT molecular complexity index is 1090. The number of nitrogens with one attached hydrogen (secondary N) is 3. The third-order valence-electron chi connectivity index (χ3n) is 3.88. The molecule has 2 amide bonds. The molecule has 10 heteroatoms. The molecule has 2 aromatic rings. The van der Waals surface area contributed by atoms with Crippen LogP contribution in [-0.4, -0.2) is 26.8 Å². The fourth-order valence-electron chi connectivity index (χ4n) is 2.42. The molecule has 0 aromatic heterocycles. The molecule has 0 saturated heterocycles. The van der Waals surface area contributed by atoms with Crippen molar-refractivity contribution in [2.24, 2.45) is 5.14 Å². The van der Waals surface area contributed by atoms with Crippen molar-refractivity contribution in [3.63, 3.8) is 0 Å². The maximum absolute atomic E-state index is 12.2. The van der Waals surface area contributed by atoms with Gasteiger partial charge in [0, 0.05) is 31.0 Å². The topological polar surface area (TPSA) is 154 Å². The minimum Gasteiger partial charge on any atom is -0.389 e. The summed E-state index contributed by atoms with van der Waals surface area (Å²) in [6.07, 6.45) is 1.87. The van der Waals surface area contributed by atoms with E-state index in [0.29, 0.717) is 24.3 Å². The first kappa shape index (κ1) is 22.6. The van der Waals surface area contributed by atoms with Gasteiger partial charge in [0.2, 0.25) is 15.9 Å². The fourth-order valence-corrected chi connectivity index (χ4v) is 2.94. The molecule has 5 N–H and O–H groups in total. The molecule has 9 nitrogen and oxygen atoms in total. The van der Waals surface area contributed by atoms with Crippen molar-refractivity contribution in [2.45, 2.75) is 18.2 Å². The van der Waals surface area contributed by atoms with E-state index in [0.717, 1.165) is 5.56 Å². The van der Waals surface area contributed by atoms with Gasteiger partial charge in [-0.3, -0.25) is 9.59 Å². The Kier molecular flexibility index (Phi) is 7.69. The summed E-state index contributed by atoms with van der Waals surface area (Å²) in [7, 11) is -3.73. The zero-order chi connectivity index (χ0) is 22.1. The molecular formula is C20H21N5O4S. The standard InChI is InChI=1S/C20H21N5O4S/c1-14(26)24-17-4-6-18(7-5-17)25-20(27)16(12-21)13-23-11-10-15-2-8-19(9-3-15)30(22,28)29/h2-9,13,23H,10-11H2,1H3,(H,24,26)(H,25,27)(H2,22,28,29)/b16-13-. The lowest BCUT2D eigenvalue weighted by molar-refractivity contribution is -0.114. The molecule has 0 spiro atoms. The molecule has 0 atom stereocenters. The van der Waals surface area contributed by atoms with Gasteiger partial charge in [0.05, 0.1) is 4.90 Å². The van der Waals surface area contributed by atoms with Crippen LogP contribution < -0.4 is 21.1 Å². The van der Waals surface area contributed by atoms with Crippen molar-refractivity contribution >= 4 is 33.2 Å². The Morgan fingerprint density at radius 3 is 2.10 bits per heavy atom. The van der Waals surface area contributed by atoms with E-state index in [9.17, 15) is 23.3 Å². The predicted octanol–water partition coefficient (Wildman–Crippen LogP) is 1.47. The number of carbonyl (C=O) groups excluding carboxylic acids is 2. The summed E-state index contributed by atoms with van der Waals surface area (Å²) in [6, 6.07) is 14.4. The highest BCUT2D eigenvalue weighted by Crippen LogP contribution is 2.14. The van der Waals surface area contributed by atoms with Crippen LogP contribution in [0.4, 0.5) is 11.4 Å². The number of benzene rings is 2. The van der Waals surface area contributed by atoms with Crippen LogP contribution in [0.5, 0.6) is 0 Å². The Morgan fingerprint density at radius 1 is 1.03 bits per heavy atom. The quantitative estimate of drug-likeness (QED) is 0.284. The molecule has 2 rings (SSSR count). The van der Waals surface area contributed by atoms with Gasteiger partial charge in [0.15, 0.2) is 0 Å². The minimum atomic E-state index is -3.73. The molecule has 0 bridgehead atoms. The summed E-state index contributed by atoms with van der Waals surface area (Å²) in [5.41, 5.74) is 1.83.